The van der Waals surface area contributed by atoms with E-state index >= 15 is 0 Å². The van der Waals surface area contributed by atoms with Gasteiger partial charge < -0.3 is 14.2 Å². The summed E-state index contributed by atoms with van der Waals surface area (Å²) in [6, 6.07) is 10.4. The average molecular weight is 493 g/mol. The monoisotopic (exact) mass is 493 g/mol. The highest BCUT2D eigenvalue weighted by Crippen LogP contribution is 2.38. The summed E-state index contributed by atoms with van der Waals surface area (Å²) in [7, 11) is 0. The Labute approximate surface area is 202 Å². The molecule has 0 amide bonds. The van der Waals surface area contributed by atoms with E-state index in [1.54, 1.807) is 50.3 Å². The SMILES string of the molecule is CCOC(=O)C1=C(C)N=c2s/c(=C\c3cccc([N+](=O)[O-])c3)c(=O)n2[C@H]1c1ccc2c(c1)OCO2. The fourth-order valence-corrected chi connectivity index (χ4v) is 5.12. The number of aromatic nitrogens is 1. The molecule has 10 nitrogen and oxygen atoms in total. The molecule has 0 bridgehead atoms. The molecular formula is C24H19N3O7S. The fourth-order valence-electron chi connectivity index (χ4n) is 4.07. The number of nitro groups is 1. The maximum atomic E-state index is 13.6. The Kier molecular flexibility index (Phi) is 5.69. The fraction of sp³-hybridized carbons (Fsp3) is 0.208. The molecule has 0 fully saturated rings. The number of ether oxygens (including phenoxy) is 3. The molecule has 1 atom stereocenters. The van der Waals surface area contributed by atoms with Gasteiger partial charge in [0.25, 0.3) is 11.2 Å². The van der Waals surface area contributed by atoms with Crippen molar-refractivity contribution in [2.45, 2.75) is 19.9 Å². The molecule has 2 aromatic carbocycles. The molecule has 0 aliphatic carbocycles. The predicted octanol–water partition coefficient (Wildman–Crippen LogP) is 2.44. The van der Waals surface area contributed by atoms with Crippen LogP contribution in [0, 0.1) is 10.1 Å². The van der Waals surface area contributed by atoms with Crippen LogP contribution >= 0.6 is 11.3 Å². The van der Waals surface area contributed by atoms with E-state index in [0.717, 1.165) is 11.3 Å². The molecular weight excluding hydrogens is 474 g/mol. The number of hydrogen-bond acceptors (Lipinski definition) is 9. The van der Waals surface area contributed by atoms with Gasteiger partial charge >= 0.3 is 5.97 Å². The van der Waals surface area contributed by atoms with Crippen LogP contribution in [0.3, 0.4) is 0 Å². The average Bonchev–Trinajstić information content (AvgIpc) is 3.42. The molecule has 5 rings (SSSR count). The van der Waals surface area contributed by atoms with Gasteiger partial charge in [0.05, 0.1) is 33.4 Å². The normalized spacial score (nSPS) is 16.6. The van der Waals surface area contributed by atoms with E-state index in [1.807, 2.05) is 0 Å². The first-order chi connectivity index (χ1) is 16.9. The van der Waals surface area contributed by atoms with Gasteiger partial charge in [0.1, 0.15) is 0 Å². The lowest BCUT2D eigenvalue weighted by Crippen LogP contribution is -2.39. The lowest BCUT2D eigenvalue weighted by Gasteiger charge is -2.24. The molecule has 0 radical (unpaired) electrons. The zero-order valence-electron chi connectivity index (χ0n) is 18.7. The number of hydrogen-bond donors (Lipinski definition) is 0. The van der Waals surface area contributed by atoms with E-state index in [1.165, 1.54) is 16.7 Å². The number of benzene rings is 2. The van der Waals surface area contributed by atoms with Gasteiger partial charge in [0, 0.05) is 12.1 Å². The first kappa shape index (κ1) is 22.5. The Morgan fingerprint density at radius 2 is 2.09 bits per heavy atom. The van der Waals surface area contributed by atoms with Crippen LogP contribution in [-0.2, 0) is 9.53 Å². The summed E-state index contributed by atoms with van der Waals surface area (Å²) in [4.78, 5) is 42.2. The number of nitrogens with zero attached hydrogens (tertiary/aromatic N) is 3. The second-order valence-electron chi connectivity index (χ2n) is 7.77. The van der Waals surface area contributed by atoms with E-state index in [9.17, 15) is 19.7 Å². The van der Waals surface area contributed by atoms with Crippen molar-refractivity contribution >= 4 is 29.1 Å². The van der Waals surface area contributed by atoms with E-state index in [2.05, 4.69) is 4.99 Å². The van der Waals surface area contributed by atoms with Gasteiger partial charge in [-0.2, -0.15) is 0 Å². The molecule has 2 aliphatic heterocycles. The smallest absolute Gasteiger partial charge is 0.338 e. The lowest BCUT2D eigenvalue weighted by atomic mass is 9.95. The van der Waals surface area contributed by atoms with Gasteiger partial charge in [-0.1, -0.05) is 29.5 Å². The zero-order chi connectivity index (χ0) is 24.7. The number of allylic oxidation sites excluding steroid dienone is 1. The molecule has 1 aromatic heterocycles. The highest BCUT2D eigenvalue weighted by atomic mass is 32.1. The van der Waals surface area contributed by atoms with Crippen LogP contribution < -0.4 is 24.4 Å². The standard InChI is InChI=1S/C24H19N3O7S/c1-3-32-23(29)20-13(2)25-24-26(21(20)15-7-8-17-18(11-15)34-12-33-17)22(28)19(35-24)10-14-5-4-6-16(9-14)27(30)31/h4-11,21H,3,12H2,1-2H3/b19-10-/t21-/m0/s1. The molecule has 0 saturated carbocycles. The number of carbonyl (C=O) groups is 1. The highest BCUT2D eigenvalue weighted by molar-refractivity contribution is 7.07. The van der Waals surface area contributed by atoms with Gasteiger partial charge in [-0.3, -0.25) is 19.5 Å². The topological polar surface area (TPSA) is 122 Å². The molecule has 11 heteroatoms. The summed E-state index contributed by atoms with van der Waals surface area (Å²) in [5.41, 5.74) is 1.37. The number of non-ortho nitro benzene ring substituents is 1. The Morgan fingerprint density at radius 1 is 1.29 bits per heavy atom. The Balaban J connectivity index is 1.71. The van der Waals surface area contributed by atoms with Gasteiger partial charge in [-0.25, -0.2) is 9.79 Å². The molecule has 3 aromatic rings. The summed E-state index contributed by atoms with van der Waals surface area (Å²) in [5, 5.41) is 11.1. The Bertz CT molecular complexity index is 1590. The first-order valence-corrected chi connectivity index (χ1v) is 11.5. The largest absolute Gasteiger partial charge is 0.463 e. The van der Waals surface area contributed by atoms with Gasteiger partial charge in [-0.05, 0) is 43.2 Å². The number of esters is 1. The van der Waals surface area contributed by atoms with Crippen LogP contribution in [0.4, 0.5) is 5.69 Å². The molecule has 0 unspecified atom stereocenters. The van der Waals surface area contributed by atoms with Crippen molar-refractivity contribution in [2.75, 3.05) is 13.4 Å². The maximum absolute atomic E-state index is 13.6. The van der Waals surface area contributed by atoms with Crippen LogP contribution in [0.2, 0.25) is 0 Å². The predicted molar refractivity (Wildman–Crippen MR) is 126 cm³/mol. The number of fused-ring (bicyclic) bond motifs is 2. The van der Waals surface area contributed by atoms with Gasteiger partial charge in [0.2, 0.25) is 6.79 Å². The minimum absolute atomic E-state index is 0.0785. The van der Waals surface area contributed by atoms with Crippen molar-refractivity contribution in [3.05, 3.63) is 94.7 Å². The zero-order valence-corrected chi connectivity index (χ0v) is 19.5. The minimum Gasteiger partial charge on any atom is -0.463 e. The molecule has 0 saturated heterocycles. The second kappa shape index (κ2) is 8.84. The van der Waals surface area contributed by atoms with Crippen molar-refractivity contribution in [2.24, 2.45) is 4.99 Å². The summed E-state index contributed by atoms with van der Waals surface area (Å²) < 4.78 is 18.0. The quantitative estimate of drug-likeness (QED) is 0.304. The summed E-state index contributed by atoms with van der Waals surface area (Å²) in [5.74, 6) is 0.522. The Hall–Kier alpha value is -4.25. The lowest BCUT2D eigenvalue weighted by molar-refractivity contribution is -0.384. The van der Waals surface area contributed by atoms with Crippen LogP contribution in [0.25, 0.3) is 6.08 Å². The van der Waals surface area contributed by atoms with Gasteiger partial charge in [-0.15, -0.1) is 0 Å². The van der Waals surface area contributed by atoms with E-state index in [4.69, 9.17) is 14.2 Å². The van der Waals surface area contributed by atoms with Gasteiger partial charge in [0.15, 0.2) is 16.3 Å². The number of thiazole rings is 1. The molecule has 35 heavy (non-hydrogen) atoms. The molecule has 178 valence electrons. The summed E-state index contributed by atoms with van der Waals surface area (Å²) >= 11 is 1.14. The molecule has 0 spiro atoms. The van der Waals surface area contributed by atoms with Crippen LogP contribution in [0.15, 0.2) is 63.5 Å². The van der Waals surface area contributed by atoms with Crippen molar-refractivity contribution in [1.82, 2.24) is 4.57 Å². The molecule has 3 heterocycles. The van der Waals surface area contributed by atoms with Crippen molar-refractivity contribution in [1.29, 1.82) is 0 Å². The number of carbonyl (C=O) groups excluding carboxylic acids is 1. The first-order valence-electron chi connectivity index (χ1n) is 10.7. The Morgan fingerprint density at radius 3 is 2.86 bits per heavy atom. The third-order valence-corrected chi connectivity index (χ3v) is 6.59. The summed E-state index contributed by atoms with van der Waals surface area (Å²) in [6.45, 7) is 3.66. The van der Waals surface area contributed by atoms with Crippen LogP contribution in [0.1, 0.15) is 31.0 Å². The number of nitro benzene ring substituents is 1. The van der Waals surface area contributed by atoms with Crippen LogP contribution in [0.5, 0.6) is 11.5 Å². The van der Waals surface area contributed by atoms with Crippen molar-refractivity contribution in [3.8, 4) is 11.5 Å². The second-order valence-corrected chi connectivity index (χ2v) is 8.78. The van der Waals surface area contributed by atoms with E-state index in [-0.39, 0.29) is 30.2 Å². The third kappa shape index (κ3) is 3.99. The third-order valence-electron chi connectivity index (χ3n) is 5.61. The van der Waals surface area contributed by atoms with Crippen molar-refractivity contribution in [3.63, 3.8) is 0 Å². The molecule has 2 aliphatic rings. The van der Waals surface area contributed by atoms with Crippen LogP contribution in [-0.4, -0.2) is 28.9 Å². The van der Waals surface area contributed by atoms with Crippen molar-refractivity contribution < 1.29 is 23.9 Å². The maximum Gasteiger partial charge on any atom is 0.338 e. The minimum atomic E-state index is -0.799. The summed E-state index contributed by atoms with van der Waals surface area (Å²) in [6.07, 6.45) is 1.58. The molecule has 0 N–H and O–H groups in total. The number of rotatable bonds is 5. The van der Waals surface area contributed by atoms with E-state index < -0.39 is 16.9 Å². The van der Waals surface area contributed by atoms with E-state index in [0.29, 0.717) is 37.7 Å². The highest BCUT2D eigenvalue weighted by Gasteiger charge is 2.34.